The van der Waals surface area contributed by atoms with E-state index in [-0.39, 0.29) is 11.5 Å². The number of halogens is 1. The number of fused-ring (bicyclic) bond motifs is 1. The van der Waals surface area contributed by atoms with Crippen molar-refractivity contribution in [2.24, 2.45) is 0 Å². The van der Waals surface area contributed by atoms with Crippen LogP contribution in [-0.2, 0) is 11.2 Å². The van der Waals surface area contributed by atoms with Crippen LogP contribution in [0.15, 0.2) is 60.7 Å². The summed E-state index contributed by atoms with van der Waals surface area (Å²) in [6.07, 6.45) is 6.87. The lowest BCUT2D eigenvalue weighted by Gasteiger charge is -2.09. The number of aromatic carboxylic acids is 1. The van der Waals surface area contributed by atoms with E-state index < -0.39 is 5.97 Å². The summed E-state index contributed by atoms with van der Waals surface area (Å²) >= 11 is 7.84. The molecule has 1 aromatic heterocycles. The number of rotatable bonds is 8. The summed E-state index contributed by atoms with van der Waals surface area (Å²) in [5, 5.41) is 13.9. The van der Waals surface area contributed by atoms with Crippen molar-refractivity contribution >= 4 is 62.7 Å². The van der Waals surface area contributed by atoms with Crippen molar-refractivity contribution in [1.29, 1.82) is 0 Å². The van der Waals surface area contributed by atoms with Crippen molar-refractivity contribution in [2.45, 2.75) is 33.1 Å². The van der Waals surface area contributed by atoms with Gasteiger partial charge in [0, 0.05) is 27.2 Å². The molecule has 4 nitrogen and oxygen atoms in total. The number of anilines is 1. The van der Waals surface area contributed by atoms with Crippen molar-refractivity contribution in [1.82, 2.24) is 0 Å². The first-order chi connectivity index (χ1) is 16.8. The van der Waals surface area contributed by atoms with Gasteiger partial charge < -0.3 is 10.4 Å². The van der Waals surface area contributed by atoms with Gasteiger partial charge in [-0.25, -0.2) is 4.79 Å². The third kappa shape index (κ3) is 5.99. The molecule has 178 valence electrons. The highest BCUT2D eigenvalue weighted by molar-refractivity contribution is 7.22. The second kappa shape index (κ2) is 10.9. The zero-order valence-corrected chi connectivity index (χ0v) is 21.2. The molecule has 0 fully saturated rings. The van der Waals surface area contributed by atoms with Gasteiger partial charge in [-0.3, -0.25) is 4.79 Å². The highest BCUT2D eigenvalue weighted by atomic mass is 35.5. The first kappa shape index (κ1) is 24.7. The molecule has 0 radical (unpaired) electrons. The Balaban J connectivity index is 1.69. The second-order valence-corrected chi connectivity index (χ2v) is 9.95. The molecule has 0 bridgehead atoms. The van der Waals surface area contributed by atoms with Gasteiger partial charge in [0.2, 0.25) is 5.91 Å². The summed E-state index contributed by atoms with van der Waals surface area (Å²) in [5.41, 5.74) is 5.02. The number of hydrogen-bond donors (Lipinski definition) is 2. The molecule has 6 heteroatoms. The van der Waals surface area contributed by atoms with E-state index in [0.29, 0.717) is 10.6 Å². The third-order valence-electron chi connectivity index (χ3n) is 5.75. The number of nitrogens with one attached hydrogen (secondary N) is 1. The third-order valence-corrected chi connectivity index (χ3v) is 7.15. The number of hydrogen-bond acceptors (Lipinski definition) is 3. The van der Waals surface area contributed by atoms with Crippen LogP contribution in [0.25, 0.3) is 32.7 Å². The fraction of sp³-hybridized carbons (Fsp3) is 0.172. The summed E-state index contributed by atoms with van der Waals surface area (Å²) in [6.45, 7) is 3.68. The van der Waals surface area contributed by atoms with Crippen LogP contribution >= 0.6 is 22.9 Å². The summed E-state index contributed by atoms with van der Waals surface area (Å²) in [4.78, 5) is 24.2. The summed E-state index contributed by atoms with van der Waals surface area (Å²) in [5.74, 6) is -1.06. The van der Waals surface area contributed by atoms with E-state index in [1.54, 1.807) is 23.5 Å². The Kier molecular flexibility index (Phi) is 7.69. The maximum absolute atomic E-state index is 11.6. The number of amides is 1. The number of carboxylic acid groups (broad SMARTS) is 1. The van der Waals surface area contributed by atoms with Crippen LogP contribution in [0.4, 0.5) is 5.69 Å². The molecule has 2 N–H and O–H groups in total. The van der Waals surface area contributed by atoms with Crippen LogP contribution in [0.2, 0.25) is 5.02 Å². The maximum atomic E-state index is 11.6. The van der Waals surface area contributed by atoms with Crippen molar-refractivity contribution in [3.63, 3.8) is 0 Å². The molecular formula is C29H26ClNO3S. The molecule has 0 aliphatic carbocycles. The SMILES string of the molecule is CCCCc1cc(-c2cc3cc(NC(C)=O)ccc3s2)ccc1C=Cc1cc(Cl)ccc1C(=O)O. The Labute approximate surface area is 213 Å². The number of benzene rings is 3. The minimum absolute atomic E-state index is 0.0859. The first-order valence-electron chi connectivity index (χ1n) is 11.5. The Bertz CT molecular complexity index is 1440. The highest BCUT2D eigenvalue weighted by Crippen LogP contribution is 2.36. The molecule has 0 aliphatic rings. The van der Waals surface area contributed by atoms with E-state index in [1.165, 1.54) is 18.6 Å². The normalized spacial score (nSPS) is 11.3. The molecule has 0 saturated heterocycles. The Morgan fingerprint density at radius 1 is 1.00 bits per heavy atom. The molecule has 4 aromatic rings. The van der Waals surface area contributed by atoms with Crippen LogP contribution in [-0.4, -0.2) is 17.0 Å². The number of unbranched alkanes of at least 4 members (excludes halogenated alkanes) is 1. The predicted molar refractivity (Wildman–Crippen MR) is 148 cm³/mol. The molecule has 0 aliphatic heterocycles. The molecule has 1 amide bonds. The van der Waals surface area contributed by atoms with Gasteiger partial charge in [-0.15, -0.1) is 11.3 Å². The van der Waals surface area contributed by atoms with Crippen molar-refractivity contribution in [3.05, 3.63) is 87.9 Å². The molecule has 0 spiro atoms. The number of carbonyl (C=O) groups excluding carboxylic acids is 1. The Morgan fingerprint density at radius 2 is 1.80 bits per heavy atom. The van der Waals surface area contributed by atoms with Gasteiger partial charge in [-0.2, -0.15) is 0 Å². The number of carbonyl (C=O) groups is 2. The van der Waals surface area contributed by atoms with Crippen LogP contribution in [0.1, 0.15) is 53.7 Å². The van der Waals surface area contributed by atoms with Gasteiger partial charge in [-0.05, 0) is 89.0 Å². The lowest BCUT2D eigenvalue weighted by Crippen LogP contribution is -2.05. The lowest BCUT2D eigenvalue weighted by molar-refractivity contribution is -0.114. The fourth-order valence-corrected chi connectivity index (χ4v) is 5.24. The van der Waals surface area contributed by atoms with Crippen LogP contribution in [0.3, 0.4) is 0 Å². The standard InChI is InChI=1S/C29H26ClNO3S/c1-3-4-5-20-14-22(28-17-23-16-25(31-18(2)32)11-13-27(23)35-28)9-7-19(20)6-8-21-15-24(30)10-12-26(21)29(33)34/h6-17H,3-5H2,1-2H3,(H,31,32)(H,33,34). The van der Waals surface area contributed by atoms with Gasteiger partial charge in [0.1, 0.15) is 0 Å². The molecule has 0 saturated carbocycles. The van der Waals surface area contributed by atoms with Gasteiger partial charge in [-0.1, -0.05) is 49.2 Å². The predicted octanol–water partition coefficient (Wildman–Crippen LogP) is 8.39. The number of aryl methyl sites for hydroxylation is 1. The lowest BCUT2D eigenvalue weighted by atomic mass is 9.97. The average Bonchev–Trinajstić information content (AvgIpc) is 3.24. The number of carboxylic acids is 1. The van der Waals surface area contributed by atoms with Gasteiger partial charge in [0.25, 0.3) is 0 Å². The monoisotopic (exact) mass is 503 g/mol. The quantitative estimate of drug-likeness (QED) is 0.237. The van der Waals surface area contributed by atoms with E-state index in [2.05, 4.69) is 36.5 Å². The van der Waals surface area contributed by atoms with Crippen LogP contribution < -0.4 is 5.32 Å². The summed E-state index contributed by atoms with van der Waals surface area (Å²) < 4.78 is 1.16. The van der Waals surface area contributed by atoms with E-state index in [1.807, 2.05) is 30.4 Å². The molecule has 4 rings (SSSR count). The second-order valence-electron chi connectivity index (χ2n) is 8.43. The molecular weight excluding hydrogens is 478 g/mol. The molecule has 1 heterocycles. The summed E-state index contributed by atoms with van der Waals surface area (Å²) in [6, 6.07) is 19.3. The van der Waals surface area contributed by atoms with Gasteiger partial charge >= 0.3 is 5.97 Å². The first-order valence-corrected chi connectivity index (χ1v) is 12.7. The van der Waals surface area contributed by atoms with Crippen molar-refractivity contribution < 1.29 is 14.7 Å². The maximum Gasteiger partial charge on any atom is 0.336 e. The molecule has 0 unspecified atom stereocenters. The average molecular weight is 504 g/mol. The minimum atomic E-state index is -0.978. The molecule has 0 atom stereocenters. The van der Waals surface area contributed by atoms with E-state index in [9.17, 15) is 14.7 Å². The largest absolute Gasteiger partial charge is 0.478 e. The zero-order valence-electron chi connectivity index (χ0n) is 19.6. The minimum Gasteiger partial charge on any atom is -0.478 e. The van der Waals surface area contributed by atoms with Gasteiger partial charge in [0.05, 0.1) is 5.56 Å². The van der Waals surface area contributed by atoms with Crippen molar-refractivity contribution in [3.8, 4) is 10.4 Å². The molecule has 3 aromatic carbocycles. The Morgan fingerprint density at radius 3 is 2.54 bits per heavy atom. The summed E-state index contributed by atoms with van der Waals surface area (Å²) in [7, 11) is 0. The number of thiophene rings is 1. The zero-order chi connectivity index (χ0) is 24.9. The van der Waals surface area contributed by atoms with Crippen LogP contribution in [0.5, 0.6) is 0 Å². The van der Waals surface area contributed by atoms with Crippen LogP contribution in [0, 0.1) is 0 Å². The Hall–Kier alpha value is -3.41. The van der Waals surface area contributed by atoms with E-state index >= 15 is 0 Å². The topological polar surface area (TPSA) is 66.4 Å². The van der Waals surface area contributed by atoms with Gasteiger partial charge in [0.15, 0.2) is 0 Å². The molecule has 35 heavy (non-hydrogen) atoms. The van der Waals surface area contributed by atoms with Crippen molar-refractivity contribution in [2.75, 3.05) is 5.32 Å². The highest BCUT2D eigenvalue weighted by Gasteiger charge is 2.11. The van der Waals surface area contributed by atoms with E-state index in [0.717, 1.165) is 51.0 Å². The van der Waals surface area contributed by atoms with E-state index in [4.69, 9.17) is 11.6 Å². The fourth-order valence-electron chi connectivity index (χ4n) is 4.02. The smallest absolute Gasteiger partial charge is 0.336 e.